The van der Waals surface area contributed by atoms with Gasteiger partial charge in [-0.3, -0.25) is 9.36 Å². The van der Waals surface area contributed by atoms with Crippen LogP contribution < -0.4 is 10.6 Å². The summed E-state index contributed by atoms with van der Waals surface area (Å²) in [5.74, 6) is -0.295. The van der Waals surface area contributed by atoms with Crippen LogP contribution in [0.1, 0.15) is 72.8 Å². The maximum atomic E-state index is 13.9. The third-order valence-electron chi connectivity index (χ3n) is 7.76. The van der Waals surface area contributed by atoms with Crippen LogP contribution >= 0.6 is 7.52 Å². The lowest BCUT2D eigenvalue weighted by Gasteiger charge is -2.40. The SMILES string of the molecule is COP1(=O)N=C(C2=C(O)C(C)(C(C)C)N(CCC(C)(C)C)C2=O)Nc2ccc(CCCCCS(C)(=O)=O)cc21. The molecule has 1 aromatic carbocycles. The van der Waals surface area contributed by atoms with Crippen LogP contribution in [0.25, 0.3) is 0 Å². The Morgan fingerprint density at radius 3 is 2.44 bits per heavy atom. The molecule has 3 rings (SSSR count). The number of aliphatic hydroxyl groups excluding tert-OH is 1. The summed E-state index contributed by atoms with van der Waals surface area (Å²) >= 11 is 0. The summed E-state index contributed by atoms with van der Waals surface area (Å²) in [6, 6.07) is 5.49. The van der Waals surface area contributed by atoms with E-state index in [-0.39, 0.29) is 40.2 Å². The Morgan fingerprint density at radius 2 is 1.87 bits per heavy atom. The first-order valence-electron chi connectivity index (χ1n) is 13.5. The second-order valence-corrected chi connectivity index (χ2v) is 16.7. The highest BCUT2D eigenvalue weighted by Gasteiger charge is 2.53. The number of hydrogen-bond acceptors (Lipinski definition) is 7. The summed E-state index contributed by atoms with van der Waals surface area (Å²) in [6.45, 7) is 12.6. The Balaban J connectivity index is 1.91. The molecular formula is C28H44N3O6PS. The molecule has 2 unspecified atom stereocenters. The second-order valence-electron chi connectivity index (χ2n) is 12.4. The second kappa shape index (κ2) is 11.4. The van der Waals surface area contributed by atoms with Crippen LogP contribution in [0, 0.1) is 11.3 Å². The third-order valence-corrected chi connectivity index (χ3v) is 10.7. The van der Waals surface area contributed by atoms with Crippen molar-refractivity contribution in [1.29, 1.82) is 0 Å². The number of amides is 1. The number of unbranched alkanes of at least 4 members (excludes halogenated alkanes) is 2. The van der Waals surface area contributed by atoms with Crippen LogP contribution in [0.4, 0.5) is 5.69 Å². The number of carbonyl (C=O) groups is 1. The summed E-state index contributed by atoms with van der Waals surface area (Å²) in [5, 5.41) is 15.0. The lowest BCUT2D eigenvalue weighted by atomic mass is 9.84. The molecule has 2 heterocycles. The zero-order valence-electron chi connectivity index (χ0n) is 24.5. The lowest BCUT2D eigenvalue weighted by Crippen LogP contribution is -2.50. The Hall–Kier alpha value is -2.16. The van der Waals surface area contributed by atoms with E-state index in [9.17, 15) is 22.9 Å². The van der Waals surface area contributed by atoms with Gasteiger partial charge in [-0.15, -0.1) is 0 Å². The molecule has 218 valence electrons. The van der Waals surface area contributed by atoms with Crippen molar-refractivity contribution in [3.05, 3.63) is 35.1 Å². The number of sulfone groups is 1. The molecule has 0 bridgehead atoms. The molecule has 2 N–H and O–H groups in total. The van der Waals surface area contributed by atoms with E-state index in [1.165, 1.54) is 13.4 Å². The van der Waals surface area contributed by atoms with Crippen LogP contribution in [0.5, 0.6) is 0 Å². The van der Waals surface area contributed by atoms with Gasteiger partial charge in [-0.05, 0) is 61.6 Å². The minimum Gasteiger partial charge on any atom is -0.509 e. The highest BCUT2D eigenvalue weighted by Crippen LogP contribution is 2.52. The van der Waals surface area contributed by atoms with Crippen molar-refractivity contribution < 1.29 is 27.4 Å². The Bertz CT molecular complexity index is 1330. The molecule has 11 heteroatoms. The van der Waals surface area contributed by atoms with Crippen molar-refractivity contribution in [2.45, 2.75) is 79.2 Å². The van der Waals surface area contributed by atoms with Crippen LogP contribution in [-0.4, -0.2) is 61.4 Å². The molecule has 2 aliphatic rings. The molecule has 2 atom stereocenters. The first kappa shape index (κ1) is 31.4. The van der Waals surface area contributed by atoms with Crippen LogP contribution in [-0.2, 0) is 30.1 Å². The molecule has 39 heavy (non-hydrogen) atoms. The molecule has 0 saturated heterocycles. The summed E-state index contributed by atoms with van der Waals surface area (Å²) in [5.41, 5.74) is 0.537. The molecule has 1 aromatic rings. The highest BCUT2D eigenvalue weighted by atomic mass is 32.2. The number of rotatable bonds is 11. The van der Waals surface area contributed by atoms with Crippen molar-refractivity contribution in [3.8, 4) is 0 Å². The average molecular weight is 582 g/mol. The van der Waals surface area contributed by atoms with Gasteiger partial charge >= 0.3 is 7.52 Å². The van der Waals surface area contributed by atoms with Crippen molar-refractivity contribution in [2.24, 2.45) is 16.1 Å². The molecule has 1 amide bonds. The molecule has 9 nitrogen and oxygen atoms in total. The average Bonchev–Trinajstić information content (AvgIpc) is 3.02. The normalized spacial score (nSPS) is 23.8. The van der Waals surface area contributed by atoms with E-state index in [4.69, 9.17) is 4.52 Å². The fourth-order valence-electron chi connectivity index (χ4n) is 4.94. The van der Waals surface area contributed by atoms with Gasteiger partial charge in [0, 0.05) is 25.7 Å². The molecule has 0 fully saturated rings. The zero-order valence-corrected chi connectivity index (χ0v) is 26.2. The topological polar surface area (TPSA) is 125 Å². The molecule has 0 radical (unpaired) electrons. The predicted octanol–water partition coefficient (Wildman–Crippen LogP) is 5.24. The minimum absolute atomic E-state index is 0.00669. The molecule has 0 saturated carbocycles. The van der Waals surface area contributed by atoms with Crippen molar-refractivity contribution >= 4 is 40.1 Å². The van der Waals surface area contributed by atoms with Gasteiger partial charge in [-0.1, -0.05) is 47.1 Å². The smallest absolute Gasteiger partial charge is 0.348 e. The van der Waals surface area contributed by atoms with E-state index in [0.717, 1.165) is 24.8 Å². The van der Waals surface area contributed by atoms with Gasteiger partial charge in [0.2, 0.25) is 0 Å². The molecule has 0 spiro atoms. The monoisotopic (exact) mass is 581 g/mol. The first-order valence-corrected chi connectivity index (χ1v) is 17.2. The number of hydrogen-bond donors (Lipinski definition) is 2. The van der Waals surface area contributed by atoms with Crippen LogP contribution in [0.2, 0.25) is 0 Å². The number of fused-ring (bicyclic) bond motifs is 1. The maximum absolute atomic E-state index is 13.9. The van der Waals surface area contributed by atoms with Gasteiger partial charge in [-0.25, -0.2) is 8.42 Å². The van der Waals surface area contributed by atoms with Crippen LogP contribution in [0.3, 0.4) is 0 Å². The lowest BCUT2D eigenvalue weighted by molar-refractivity contribution is -0.131. The summed E-state index contributed by atoms with van der Waals surface area (Å²) in [4.78, 5) is 15.5. The number of aliphatic hydroxyl groups is 1. The van der Waals surface area contributed by atoms with E-state index < -0.39 is 22.9 Å². The Morgan fingerprint density at radius 1 is 1.21 bits per heavy atom. The minimum atomic E-state index is -3.74. The fourth-order valence-corrected chi connectivity index (χ4v) is 7.23. The van der Waals surface area contributed by atoms with Crippen molar-refractivity contribution in [2.75, 3.05) is 31.0 Å². The predicted molar refractivity (Wildman–Crippen MR) is 158 cm³/mol. The summed E-state index contributed by atoms with van der Waals surface area (Å²) in [7, 11) is -5.38. The largest absolute Gasteiger partial charge is 0.509 e. The van der Waals surface area contributed by atoms with Gasteiger partial charge < -0.3 is 19.8 Å². The van der Waals surface area contributed by atoms with Crippen molar-refractivity contribution in [3.63, 3.8) is 0 Å². The number of benzene rings is 1. The molecular weight excluding hydrogens is 537 g/mol. The quantitative estimate of drug-likeness (QED) is 0.270. The number of aryl methyl sites for hydroxylation is 1. The van der Waals surface area contributed by atoms with E-state index >= 15 is 0 Å². The van der Waals surface area contributed by atoms with Gasteiger partial charge in [-0.2, -0.15) is 4.76 Å². The van der Waals surface area contributed by atoms with E-state index in [2.05, 4.69) is 30.9 Å². The summed E-state index contributed by atoms with van der Waals surface area (Å²) < 4.78 is 46.5. The van der Waals surface area contributed by atoms with Crippen molar-refractivity contribution in [1.82, 2.24) is 4.90 Å². The summed E-state index contributed by atoms with van der Waals surface area (Å²) in [6.07, 6.45) is 4.84. The fraction of sp³-hybridized carbons (Fsp3) is 0.643. The van der Waals surface area contributed by atoms with Gasteiger partial charge in [0.1, 0.15) is 26.7 Å². The highest BCUT2D eigenvalue weighted by molar-refractivity contribution is 7.90. The van der Waals surface area contributed by atoms with E-state index in [0.29, 0.717) is 30.4 Å². The number of carbonyl (C=O) groups excluding carboxylic acids is 1. The maximum Gasteiger partial charge on any atom is 0.348 e. The first-order chi connectivity index (χ1) is 17.9. The third kappa shape index (κ3) is 6.77. The van der Waals surface area contributed by atoms with E-state index in [1.807, 2.05) is 26.8 Å². The Labute approximate surface area is 233 Å². The molecule has 2 aliphatic heterocycles. The molecule has 0 aromatic heterocycles. The number of amidine groups is 1. The number of anilines is 1. The van der Waals surface area contributed by atoms with Gasteiger partial charge in [0.15, 0.2) is 5.84 Å². The van der Waals surface area contributed by atoms with E-state index in [1.54, 1.807) is 17.0 Å². The number of nitrogens with zero attached hydrogens (tertiary/aromatic N) is 2. The van der Waals surface area contributed by atoms with Crippen LogP contribution in [0.15, 0.2) is 34.3 Å². The number of nitrogens with one attached hydrogen (secondary N) is 1. The van der Waals surface area contributed by atoms with Gasteiger partial charge in [0.05, 0.1) is 11.0 Å². The van der Waals surface area contributed by atoms with Gasteiger partial charge in [0.25, 0.3) is 5.91 Å². The standard InChI is InChI=1S/C28H44N3O6PS/c1-19(2)28(6)24(32)23(26(33)31(28)16-15-27(3,4)5)25-29-21-14-13-20(12-10-9-11-17-39(8,35)36)18-22(21)38(34,30-25)37-7/h13-14,18-19,32H,9-12,15-17H2,1-8H3,(H,29,30,34). The Kier molecular flexibility index (Phi) is 9.15. The molecule has 0 aliphatic carbocycles. The zero-order chi connectivity index (χ0) is 29.4.